The van der Waals surface area contributed by atoms with E-state index in [2.05, 4.69) is 42.0 Å². The third-order valence-corrected chi connectivity index (χ3v) is 5.05. The average Bonchev–Trinajstić information content (AvgIpc) is 3.40. The number of nitrogens with one attached hydrogen (secondary N) is 2. The SMILES string of the molecule is CC(=O)Nc1ccn(C(=O)N2CCN(Cc3cccc(C)c3-c3nn[nH]n3)CC2)n1. The lowest BCUT2D eigenvalue weighted by Crippen LogP contribution is -2.49. The Labute approximate surface area is 173 Å². The molecule has 30 heavy (non-hydrogen) atoms. The van der Waals surface area contributed by atoms with E-state index < -0.39 is 0 Å². The fourth-order valence-corrected chi connectivity index (χ4v) is 3.61. The van der Waals surface area contributed by atoms with Crippen molar-refractivity contribution in [3.05, 3.63) is 41.6 Å². The molecule has 2 N–H and O–H groups in total. The van der Waals surface area contributed by atoms with Gasteiger partial charge in [-0.2, -0.15) is 9.90 Å². The van der Waals surface area contributed by atoms with Crippen LogP contribution in [0.15, 0.2) is 30.5 Å². The molecule has 1 saturated heterocycles. The number of H-pyrrole nitrogens is 1. The van der Waals surface area contributed by atoms with E-state index in [9.17, 15) is 9.59 Å². The summed E-state index contributed by atoms with van der Waals surface area (Å²) in [6.45, 7) is 6.84. The molecule has 3 heterocycles. The molecular formula is C19H23N9O2. The van der Waals surface area contributed by atoms with Crippen molar-refractivity contribution in [1.29, 1.82) is 0 Å². The van der Waals surface area contributed by atoms with Gasteiger partial charge in [-0.15, -0.1) is 15.3 Å². The van der Waals surface area contributed by atoms with Gasteiger partial charge in [-0.1, -0.05) is 18.2 Å². The first kappa shape index (κ1) is 19.7. The first-order valence-electron chi connectivity index (χ1n) is 9.68. The minimum atomic E-state index is -0.224. The molecule has 0 saturated carbocycles. The predicted octanol–water partition coefficient (Wildman–Crippen LogP) is 1.12. The van der Waals surface area contributed by atoms with Crippen molar-refractivity contribution >= 4 is 17.8 Å². The Morgan fingerprint density at radius 1 is 1.17 bits per heavy atom. The highest BCUT2D eigenvalue weighted by Crippen LogP contribution is 2.25. The van der Waals surface area contributed by atoms with Gasteiger partial charge >= 0.3 is 6.03 Å². The number of rotatable bonds is 4. The van der Waals surface area contributed by atoms with E-state index in [1.807, 2.05) is 19.1 Å². The monoisotopic (exact) mass is 409 g/mol. The summed E-state index contributed by atoms with van der Waals surface area (Å²) in [5.41, 5.74) is 3.21. The Balaban J connectivity index is 1.39. The molecule has 1 aromatic carbocycles. The number of aromatic nitrogens is 6. The summed E-state index contributed by atoms with van der Waals surface area (Å²) in [7, 11) is 0. The number of carbonyl (C=O) groups is 2. The van der Waals surface area contributed by atoms with Gasteiger partial charge in [-0.3, -0.25) is 9.69 Å². The lowest BCUT2D eigenvalue weighted by molar-refractivity contribution is -0.114. The minimum absolute atomic E-state index is 0.200. The second-order valence-corrected chi connectivity index (χ2v) is 7.22. The molecule has 156 valence electrons. The normalized spacial score (nSPS) is 14.7. The molecule has 4 rings (SSSR count). The van der Waals surface area contributed by atoms with Gasteiger partial charge < -0.3 is 10.2 Å². The zero-order valence-electron chi connectivity index (χ0n) is 16.9. The van der Waals surface area contributed by atoms with Crippen molar-refractivity contribution in [3.8, 4) is 11.4 Å². The Morgan fingerprint density at radius 3 is 2.67 bits per heavy atom. The van der Waals surface area contributed by atoms with Crippen LogP contribution < -0.4 is 5.32 Å². The van der Waals surface area contributed by atoms with E-state index >= 15 is 0 Å². The van der Waals surface area contributed by atoms with E-state index in [0.29, 0.717) is 24.7 Å². The molecule has 2 aromatic heterocycles. The summed E-state index contributed by atoms with van der Waals surface area (Å²) in [5, 5.41) is 21.2. The number of benzene rings is 1. The minimum Gasteiger partial charge on any atom is -0.320 e. The second kappa shape index (κ2) is 8.41. The third kappa shape index (κ3) is 4.20. The van der Waals surface area contributed by atoms with Crippen LogP contribution in [-0.2, 0) is 11.3 Å². The topological polar surface area (TPSA) is 125 Å². The van der Waals surface area contributed by atoms with Crippen molar-refractivity contribution in [2.24, 2.45) is 0 Å². The number of aryl methyl sites for hydroxylation is 1. The maximum Gasteiger partial charge on any atom is 0.344 e. The highest BCUT2D eigenvalue weighted by molar-refractivity contribution is 5.88. The fourth-order valence-electron chi connectivity index (χ4n) is 3.61. The molecule has 1 aliphatic heterocycles. The Kier molecular flexibility index (Phi) is 5.53. The first-order chi connectivity index (χ1) is 14.5. The van der Waals surface area contributed by atoms with Gasteiger partial charge in [0.05, 0.1) is 0 Å². The van der Waals surface area contributed by atoms with Crippen LogP contribution in [0.2, 0.25) is 0 Å². The summed E-state index contributed by atoms with van der Waals surface area (Å²) >= 11 is 0. The van der Waals surface area contributed by atoms with Gasteiger partial charge in [0, 0.05) is 57.5 Å². The van der Waals surface area contributed by atoms with Gasteiger partial charge in [0.1, 0.15) is 0 Å². The molecule has 11 nitrogen and oxygen atoms in total. The Bertz CT molecular complexity index is 1040. The van der Waals surface area contributed by atoms with Crippen LogP contribution in [-0.4, -0.2) is 78.3 Å². The number of amides is 2. The summed E-state index contributed by atoms with van der Waals surface area (Å²) in [6, 6.07) is 7.54. The molecule has 0 spiro atoms. The Morgan fingerprint density at radius 2 is 1.97 bits per heavy atom. The molecule has 0 radical (unpaired) electrons. The molecule has 0 atom stereocenters. The highest BCUT2D eigenvalue weighted by atomic mass is 16.2. The summed E-state index contributed by atoms with van der Waals surface area (Å²) < 4.78 is 1.26. The molecule has 1 aliphatic rings. The maximum absolute atomic E-state index is 12.7. The summed E-state index contributed by atoms with van der Waals surface area (Å²) in [6.07, 6.45) is 1.56. The second-order valence-electron chi connectivity index (χ2n) is 7.22. The number of anilines is 1. The number of nitrogens with zero attached hydrogens (tertiary/aromatic N) is 7. The molecular weight excluding hydrogens is 386 g/mol. The first-order valence-corrected chi connectivity index (χ1v) is 9.68. The van der Waals surface area contributed by atoms with Crippen molar-refractivity contribution in [2.45, 2.75) is 20.4 Å². The molecule has 1 fully saturated rings. The number of aromatic amines is 1. The van der Waals surface area contributed by atoms with E-state index in [-0.39, 0.29) is 11.9 Å². The predicted molar refractivity (Wildman–Crippen MR) is 109 cm³/mol. The standard InChI is InChI=1S/C19H23N9O2/c1-13-4-3-5-15(17(13)18-21-24-25-22-18)12-26-8-10-27(11-9-26)19(30)28-7-6-16(23-28)20-14(2)29/h3-7H,8-12H2,1-2H3,(H,20,23,29)(H,21,22,24,25). The van der Waals surface area contributed by atoms with E-state index in [1.165, 1.54) is 11.6 Å². The maximum atomic E-state index is 12.7. The number of hydrogen-bond donors (Lipinski definition) is 2. The molecule has 0 aliphatic carbocycles. The van der Waals surface area contributed by atoms with Gasteiger partial charge in [-0.05, 0) is 23.3 Å². The van der Waals surface area contributed by atoms with Crippen LogP contribution >= 0.6 is 0 Å². The molecule has 3 aromatic rings. The van der Waals surface area contributed by atoms with Crippen LogP contribution in [0.4, 0.5) is 10.6 Å². The van der Waals surface area contributed by atoms with Crippen molar-refractivity contribution in [1.82, 2.24) is 40.2 Å². The quantitative estimate of drug-likeness (QED) is 0.661. The van der Waals surface area contributed by atoms with E-state index in [1.54, 1.807) is 17.2 Å². The molecule has 0 bridgehead atoms. The third-order valence-electron chi connectivity index (χ3n) is 5.05. The largest absolute Gasteiger partial charge is 0.344 e. The molecule has 11 heteroatoms. The average molecular weight is 409 g/mol. The number of hydrogen-bond acceptors (Lipinski definition) is 7. The summed E-state index contributed by atoms with van der Waals surface area (Å²) in [4.78, 5) is 27.9. The fraction of sp³-hybridized carbons (Fsp3) is 0.368. The smallest absolute Gasteiger partial charge is 0.320 e. The molecule has 0 unspecified atom stereocenters. The highest BCUT2D eigenvalue weighted by Gasteiger charge is 2.24. The van der Waals surface area contributed by atoms with Crippen molar-refractivity contribution in [2.75, 3.05) is 31.5 Å². The zero-order valence-corrected chi connectivity index (χ0v) is 16.9. The van der Waals surface area contributed by atoms with Crippen LogP contribution in [0, 0.1) is 6.92 Å². The lowest BCUT2D eigenvalue weighted by atomic mass is 10.0. The van der Waals surface area contributed by atoms with Gasteiger partial charge in [-0.25, -0.2) is 4.79 Å². The lowest BCUT2D eigenvalue weighted by Gasteiger charge is -2.34. The Hall–Kier alpha value is -3.60. The van der Waals surface area contributed by atoms with Crippen LogP contribution in [0.1, 0.15) is 18.1 Å². The molecule has 2 amide bonds. The van der Waals surface area contributed by atoms with Crippen LogP contribution in [0.5, 0.6) is 0 Å². The number of carbonyl (C=O) groups excluding carboxylic acids is 2. The number of tetrazole rings is 1. The van der Waals surface area contributed by atoms with E-state index in [4.69, 9.17) is 0 Å². The van der Waals surface area contributed by atoms with Crippen LogP contribution in [0.25, 0.3) is 11.4 Å². The summed E-state index contributed by atoms with van der Waals surface area (Å²) in [5.74, 6) is 0.728. The van der Waals surface area contributed by atoms with Gasteiger partial charge in [0.2, 0.25) is 11.7 Å². The number of piperazine rings is 1. The zero-order chi connectivity index (χ0) is 21.1. The van der Waals surface area contributed by atoms with Gasteiger partial charge in [0.25, 0.3) is 0 Å². The van der Waals surface area contributed by atoms with Crippen molar-refractivity contribution in [3.63, 3.8) is 0 Å². The van der Waals surface area contributed by atoms with Gasteiger partial charge in [0.15, 0.2) is 5.82 Å². The van der Waals surface area contributed by atoms with Crippen molar-refractivity contribution < 1.29 is 9.59 Å². The van der Waals surface area contributed by atoms with Crippen LogP contribution in [0.3, 0.4) is 0 Å². The van der Waals surface area contributed by atoms with E-state index in [0.717, 1.165) is 36.3 Å².